The molecule has 0 aliphatic carbocycles. The molecule has 25 heavy (non-hydrogen) atoms. The predicted octanol–water partition coefficient (Wildman–Crippen LogP) is 3.20. The van der Waals surface area contributed by atoms with Crippen LogP contribution in [0.2, 0.25) is 0 Å². The van der Waals surface area contributed by atoms with E-state index in [2.05, 4.69) is 15.9 Å². The van der Waals surface area contributed by atoms with Crippen LogP contribution in [-0.4, -0.2) is 34.3 Å². The van der Waals surface area contributed by atoms with Gasteiger partial charge in [-0.15, -0.1) is 0 Å². The molecule has 0 aromatic heterocycles. The highest BCUT2D eigenvalue weighted by atomic mass is 79.9. The van der Waals surface area contributed by atoms with Crippen molar-refractivity contribution in [2.24, 2.45) is 0 Å². The molecule has 3 rings (SSSR count). The van der Waals surface area contributed by atoms with Crippen LogP contribution in [0.3, 0.4) is 0 Å². The molecule has 7 heteroatoms. The van der Waals surface area contributed by atoms with Gasteiger partial charge >= 0.3 is 5.97 Å². The third-order valence-electron chi connectivity index (χ3n) is 3.72. The van der Waals surface area contributed by atoms with E-state index < -0.39 is 30.1 Å². The topological polar surface area (TPSA) is 74.7 Å². The Kier molecular flexibility index (Phi) is 4.50. The van der Waals surface area contributed by atoms with Crippen molar-refractivity contribution < 1.29 is 23.9 Å². The molecular weight excluding hydrogens is 393 g/mol. The lowest BCUT2D eigenvalue weighted by molar-refractivity contribution is -0.141. The van der Waals surface area contributed by atoms with Gasteiger partial charge in [-0.3, -0.25) is 19.3 Å². The Hall–Kier alpha value is -2.80. The molecule has 0 bridgehead atoms. The van der Waals surface area contributed by atoms with Crippen molar-refractivity contribution in [3.8, 4) is 0 Å². The van der Waals surface area contributed by atoms with Crippen molar-refractivity contribution >= 4 is 45.4 Å². The molecule has 1 aliphatic rings. The zero-order valence-electron chi connectivity index (χ0n) is 12.7. The van der Waals surface area contributed by atoms with Gasteiger partial charge in [-0.25, -0.2) is 4.39 Å². The standard InChI is InChI=1S/C18H11BrFNO4/c19-14-8-10(5-6-15(14)20)7-13-11-3-1-2-4-12(11)17(24)21(18(13)25)9-16(22)23/h1-8H,9H2,(H,22,23)/b13-7-. The molecule has 5 nitrogen and oxygen atoms in total. The SMILES string of the molecule is O=C(O)CN1C(=O)/C(=C\c2ccc(F)c(Br)c2)c2ccccc2C1=O. The van der Waals surface area contributed by atoms with E-state index in [1.54, 1.807) is 18.2 Å². The fourth-order valence-corrected chi connectivity index (χ4v) is 2.99. The molecule has 0 saturated carbocycles. The van der Waals surface area contributed by atoms with Gasteiger partial charge in [0.15, 0.2) is 0 Å². The smallest absolute Gasteiger partial charge is 0.323 e. The molecule has 0 fully saturated rings. The number of halogens is 2. The van der Waals surface area contributed by atoms with Crippen LogP contribution in [-0.2, 0) is 9.59 Å². The molecule has 2 aromatic carbocycles. The van der Waals surface area contributed by atoms with Crippen molar-refractivity contribution in [2.75, 3.05) is 6.54 Å². The highest BCUT2D eigenvalue weighted by Gasteiger charge is 2.35. The van der Waals surface area contributed by atoms with Crippen LogP contribution in [0.25, 0.3) is 11.6 Å². The molecule has 126 valence electrons. The summed E-state index contributed by atoms with van der Waals surface area (Å²) in [5.41, 5.74) is 1.38. The summed E-state index contributed by atoms with van der Waals surface area (Å²) in [6, 6.07) is 10.7. The highest BCUT2D eigenvalue weighted by molar-refractivity contribution is 9.10. The monoisotopic (exact) mass is 403 g/mol. The van der Waals surface area contributed by atoms with Crippen LogP contribution >= 0.6 is 15.9 Å². The number of amides is 2. The van der Waals surface area contributed by atoms with Crippen LogP contribution in [0.1, 0.15) is 21.5 Å². The van der Waals surface area contributed by atoms with E-state index >= 15 is 0 Å². The van der Waals surface area contributed by atoms with Crippen molar-refractivity contribution in [1.82, 2.24) is 4.90 Å². The summed E-state index contributed by atoms with van der Waals surface area (Å²) in [6.45, 7) is -0.726. The third-order valence-corrected chi connectivity index (χ3v) is 4.32. The number of carbonyl (C=O) groups excluding carboxylic acids is 2. The van der Waals surface area contributed by atoms with Gasteiger partial charge in [-0.2, -0.15) is 0 Å². The molecule has 0 spiro atoms. The lowest BCUT2D eigenvalue weighted by atomic mass is 9.92. The Morgan fingerprint density at radius 3 is 2.44 bits per heavy atom. The second-order valence-corrected chi connectivity index (χ2v) is 6.22. The van der Waals surface area contributed by atoms with Gasteiger partial charge in [-0.05, 0) is 51.3 Å². The number of hydrogen-bond donors (Lipinski definition) is 1. The number of benzene rings is 2. The fraction of sp³-hybridized carbons (Fsp3) is 0.0556. The number of hydrogen-bond acceptors (Lipinski definition) is 3. The highest BCUT2D eigenvalue weighted by Crippen LogP contribution is 2.31. The summed E-state index contributed by atoms with van der Waals surface area (Å²) in [5, 5.41) is 8.98. The van der Waals surface area contributed by atoms with E-state index in [0.29, 0.717) is 16.0 Å². The van der Waals surface area contributed by atoms with E-state index in [1.807, 2.05) is 0 Å². The third kappa shape index (κ3) is 3.23. The summed E-state index contributed by atoms with van der Waals surface area (Å²) >= 11 is 3.08. The van der Waals surface area contributed by atoms with Gasteiger partial charge in [0.1, 0.15) is 12.4 Å². The zero-order chi connectivity index (χ0) is 18.1. The number of carboxylic acid groups (broad SMARTS) is 1. The summed E-state index contributed by atoms with van der Waals surface area (Å²) < 4.78 is 13.6. The Morgan fingerprint density at radius 1 is 1.12 bits per heavy atom. The second kappa shape index (κ2) is 6.60. The number of fused-ring (bicyclic) bond motifs is 1. The molecule has 1 aliphatic heterocycles. The van der Waals surface area contributed by atoms with Gasteiger partial charge in [0, 0.05) is 11.1 Å². The summed E-state index contributed by atoms with van der Waals surface area (Å²) in [4.78, 5) is 36.8. The first kappa shape index (κ1) is 17.0. The van der Waals surface area contributed by atoms with Crippen molar-refractivity contribution in [2.45, 2.75) is 0 Å². The van der Waals surface area contributed by atoms with E-state index in [9.17, 15) is 18.8 Å². The fourth-order valence-electron chi connectivity index (χ4n) is 2.59. The van der Waals surface area contributed by atoms with Crippen molar-refractivity contribution in [3.63, 3.8) is 0 Å². The van der Waals surface area contributed by atoms with Gasteiger partial charge < -0.3 is 5.11 Å². The van der Waals surface area contributed by atoms with Gasteiger partial charge in [0.2, 0.25) is 0 Å². The maximum absolute atomic E-state index is 13.4. The minimum atomic E-state index is -1.29. The number of rotatable bonds is 3. The van der Waals surface area contributed by atoms with Crippen LogP contribution < -0.4 is 0 Å². The Bertz CT molecular complexity index is 938. The van der Waals surface area contributed by atoms with E-state index in [-0.39, 0.29) is 15.6 Å². The van der Waals surface area contributed by atoms with E-state index in [4.69, 9.17) is 5.11 Å². The average molecular weight is 404 g/mol. The Balaban J connectivity index is 2.16. The minimum Gasteiger partial charge on any atom is -0.480 e. The largest absolute Gasteiger partial charge is 0.480 e. The second-order valence-electron chi connectivity index (χ2n) is 5.37. The van der Waals surface area contributed by atoms with E-state index in [0.717, 1.165) is 0 Å². The van der Waals surface area contributed by atoms with Gasteiger partial charge in [-0.1, -0.05) is 24.3 Å². The molecule has 0 unspecified atom stereocenters. The lowest BCUT2D eigenvalue weighted by Gasteiger charge is -2.27. The van der Waals surface area contributed by atoms with Crippen molar-refractivity contribution in [3.05, 3.63) is 69.4 Å². The molecule has 1 heterocycles. The normalized spacial score (nSPS) is 15.4. The first-order valence-corrected chi connectivity index (χ1v) is 8.02. The first-order valence-electron chi connectivity index (χ1n) is 7.22. The number of imide groups is 1. The minimum absolute atomic E-state index is 0.176. The van der Waals surface area contributed by atoms with Crippen LogP contribution in [0.4, 0.5) is 4.39 Å². The number of nitrogens with zero attached hydrogens (tertiary/aromatic N) is 1. The average Bonchev–Trinajstić information content (AvgIpc) is 2.58. The van der Waals surface area contributed by atoms with Crippen molar-refractivity contribution in [1.29, 1.82) is 0 Å². The summed E-state index contributed by atoms with van der Waals surface area (Å²) in [6.07, 6.45) is 1.51. The van der Waals surface area contributed by atoms with Crippen LogP contribution in [0.5, 0.6) is 0 Å². The molecule has 2 aromatic rings. The molecule has 2 amide bonds. The van der Waals surface area contributed by atoms with Gasteiger partial charge in [0.25, 0.3) is 11.8 Å². The maximum Gasteiger partial charge on any atom is 0.323 e. The Morgan fingerprint density at radius 2 is 1.80 bits per heavy atom. The summed E-state index contributed by atoms with van der Waals surface area (Å²) in [5.74, 6) is -3.09. The van der Waals surface area contributed by atoms with Gasteiger partial charge in [0.05, 0.1) is 4.47 Å². The number of carbonyl (C=O) groups is 3. The first-order chi connectivity index (χ1) is 11.9. The predicted molar refractivity (Wildman–Crippen MR) is 92.1 cm³/mol. The Labute approximate surface area is 150 Å². The maximum atomic E-state index is 13.4. The quantitative estimate of drug-likeness (QED) is 0.630. The molecule has 1 N–H and O–H groups in total. The van der Waals surface area contributed by atoms with Crippen LogP contribution in [0, 0.1) is 5.82 Å². The molecule has 0 radical (unpaired) electrons. The zero-order valence-corrected chi connectivity index (χ0v) is 14.3. The molecule has 0 saturated heterocycles. The molecular formula is C18H11BrFNO4. The number of carboxylic acids is 1. The molecule has 0 atom stereocenters. The number of aliphatic carboxylic acids is 1. The van der Waals surface area contributed by atoms with E-state index in [1.165, 1.54) is 30.3 Å². The lowest BCUT2D eigenvalue weighted by Crippen LogP contribution is -2.44. The summed E-state index contributed by atoms with van der Waals surface area (Å²) in [7, 11) is 0. The van der Waals surface area contributed by atoms with Crippen LogP contribution in [0.15, 0.2) is 46.9 Å².